The number of esters is 1. The first-order valence-corrected chi connectivity index (χ1v) is 7.42. The number of nitrogens with two attached hydrogens (primary N) is 1. The Hall–Kier alpha value is -1.55. The van der Waals surface area contributed by atoms with Crippen molar-refractivity contribution in [1.29, 1.82) is 0 Å². The first-order chi connectivity index (χ1) is 9.67. The van der Waals surface area contributed by atoms with E-state index in [-0.39, 0.29) is 5.97 Å². The van der Waals surface area contributed by atoms with Gasteiger partial charge in [0.1, 0.15) is 0 Å². The van der Waals surface area contributed by atoms with Crippen LogP contribution in [0.3, 0.4) is 0 Å². The zero-order chi connectivity index (χ0) is 14.8. The van der Waals surface area contributed by atoms with Gasteiger partial charge in [0.05, 0.1) is 12.2 Å². The summed E-state index contributed by atoms with van der Waals surface area (Å²) >= 11 is 0. The van der Waals surface area contributed by atoms with Crippen LogP contribution in [0.25, 0.3) is 0 Å². The molecule has 0 atom stereocenters. The Kier molecular flexibility index (Phi) is 7.73. The Morgan fingerprint density at radius 1 is 1.10 bits per heavy atom. The highest BCUT2D eigenvalue weighted by Crippen LogP contribution is 2.07. The molecule has 0 heterocycles. The van der Waals surface area contributed by atoms with Crippen molar-refractivity contribution in [2.75, 3.05) is 32.0 Å². The first kappa shape index (κ1) is 16.5. The summed E-state index contributed by atoms with van der Waals surface area (Å²) in [5.41, 5.74) is 6.78. The lowest BCUT2D eigenvalue weighted by Gasteiger charge is -2.20. The van der Waals surface area contributed by atoms with Crippen LogP contribution in [0, 0.1) is 0 Å². The topological polar surface area (TPSA) is 55.6 Å². The quantitative estimate of drug-likeness (QED) is 0.429. The van der Waals surface area contributed by atoms with Gasteiger partial charge < -0.3 is 15.4 Å². The van der Waals surface area contributed by atoms with E-state index < -0.39 is 0 Å². The van der Waals surface area contributed by atoms with E-state index in [2.05, 4.69) is 18.7 Å². The van der Waals surface area contributed by atoms with E-state index in [0.717, 1.165) is 38.9 Å². The van der Waals surface area contributed by atoms with Crippen molar-refractivity contribution in [1.82, 2.24) is 4.90 Å². The van der Waals surface area contributed by atoms with Crippen LogP contribution < -0.4 is 5.73 Å². The summed E-state index contributed by atoms with van der Waals surface area (Å²) in [6.07, 6.45) is 3.19. The minimum absolute atomic E-state index is 0.275. The van der Waals surface area contributed by atoms with Gasteiger partial charge in [-0.2, -0.15) is 0 Å². The second kappa shape index (κ2) is 9.37. The maximum Gasteiger partial charge on any atom is 0.338 e. The number of carbonyl (C=O) groups excluding carboxylic acids is 1. The number of hydrogen-bond donors (Lipinski definition) is 1. The van der Waals surface area contributed by atoms with E-state index in [4.69, 9.17) is 10.5 Å². The van der Waals surface area contributed by atoms with E-state index in [1.54, 1.807) is 24.3 Å². The molecule has 0 amide bonds. The number of ether oxygens (including phenoxy) is 1. The highest BCUT2D eigenvalue weighted by molar-refractivity contribution is 5.89. The highest BCUT2D eigenvalue weighted by Gasteiger charge is 2.07. The molecule has 1 aromatic rings. The van der Waals surface area contributed by atoms with Gasteiger partial charge >= 0.3 is 5.97 Å². The highest BCUT2D eigenvalue weighted by atomic mass is 16.5. The fourth-order valence-corrected chi connectivity index (χ4v) is 2.12. The fourth-order valence-electron chi connectivity index (χ4n) is 2.12. The third-order valence-corrected chi connectivity index (χ3v) is 3.08. The van der Waals surface area contributed by atoms with Crippen LogP contribution in [-0.2, 0) is 4.74 Å². The molecule has 4 heteroatoms. The van der Waals surface area contributed by atoms with Gasteiger partial charge in [-0.25, -0.2) is 4.79 Å². The van der Waals surface area contributed by atoms with Crippen molar-refractivity contribution in [3.63, 3.8) is 0 Å². The van der Waals surface area contributed by atoms with Crippen LogP contribution >= 0.6 is 0 Å². The predicted octanol–water partition coefficient (Wildman–Crippen LogP) is 2.94. The van der Waals surface area contributed by atoms with Crippen molar-refractivity contribution in [2.45, 2.75) is 33.1 Å². The molecule has 2 N–H and O–H groups in total. The lowest BCUT2D eigenvalue weighted by Crippen LogP contribution is -2.27. The molecule has 0 unspecified atom stereocenters. The Morgan fingerprint density at radius 3 is 2.25 bits per heavy atom. The standard InChI is InChI=1S/C16H26N2O2/c1-3-10-18(11-4-2)12-5-13-20-16(19)14-6-8-15(17)9-7-14/h6-9H,3-5,10-13,17H2,1-2H3. The molecule has 0 radical (unpaired) electrons. The lowest BCUT2D eigenvalue weighted by atomic mass is 10.2. The van der Waals surface area contributed by atoms with Crippen LogP contribution in [-0.4, -0.2) is 37.1 Å². The number of carbonyl (C=O) groups is 1. The summed E-state index contributed by atoms with van der Waals surface area (Å²) in [7, 11) is 0. The summed E-state index contributed by atoms with van der Waals surface area (Å²) in [5.74, 6) is -0.275. The maximum absolute atomic E-state index is 11.8. The molecule has 1 rings (SSSR count). The summed E-state index contributed by atoms with van der Waals surface area (Å²) in [6, 6.07) is 6.80. The Morgan fingerprint density at radius 2 is 1.70 bits per heavy atom. The fraction of sp³-hybridized carbons (Fsp3) is 0.562. The van der Waals surface area contributed by atoms with Crippen molar-refractivity contribution >= 4 is 11.7 Å². The summed E-state index contributed by atoms with van der Waals surface area (Å²) in [4.78, 5) is 14.2. The number of nitrogen functional groups attached to an aromatic ring is 1. The maximum atomic E-state index is 11.8. The van der Waals surface area contributed by atoms with Crippen LogP contribution in [0.1, 0.15) is 43.5 Å². The van der Waals surface area contributed by atoms with E-state index >= 15 is 0 Å². The first-order valence-electron chi connectivity index (χ1n) is 7.42. The Labute approximate surface area is 121 Å². The van der Waals surface area contributed by atoms with E-state index in [9.17, 15) is 4.79 Å². The second-order valence-electron chi connectivity index (χ2n) is 4.95. The molecule has 0 aromatic heterocycles. The van der Waals surface area contributed by atoms with Gasteiger partial charge in [-0.05, 0) is 56.6 Å². The minimum atomic E-state index is -0.275. The van der Waals surface area contributed by atoms with Crippen molar-refractivity contribution in [3.8, 4) is 0 Å². The minimum Gasteiger partial charge on any atom is -0.462 e. The summed E-state index contributed by atoms with van der Waals surface area (Å²) < 4.78 is 5.27. The van der Waals surface area contributed by atoms with E-state index in [1.165, 1.54) is 0 Å². The molecule has 20 heavy (non-hydrogen) atoms. The largest absolute Gasteiger partial charge is 0.462 e. The van der Waals surface area contributed by atoms with Crippen LogP contribution in [0.15, 0.2) is 24.3 Å². The molecule has 0 bridgehead atoms. The van der Waals surface area contributed by atoms with Crippen molar-refractivity contribution < 1.29 is 9.53 Å². The predicted molar refractivity (Wildman–Crippen MR) is 82.8 cm³/mol. The normalized spacial score (nSPS) is 10.8. The molecule has 112 valence electrons. The van der Waals surface area contributed by atoms with Gasteiger partial charge in [-0.1, -0.05) is 13.8 Å². The summed E-state index contributed by atoms with van der Waals surface area (Å²) in [6.45, 7) is 8.04. The molecule has 1 aromatic carbocycles. The van der Waals surface area contributed by atoms with Crippen LogP contribution in [0.2, 0.25) is 0 Å². The number of nitrogens with zero attached hydrogens (tertiary/aromatic N) is 1. The molecular weight excluding hydrogens is 252 g/mol. The van der Waals surface area contributed by atoms with Gasteiger partial charge in [-0.15, -0.1) is 0 Å². The molecule has 0 aliphatic rings. The zero-order valence-corrected chi connectivity index (χ0v) is 12.6. The second-order valence-corrected chi connectivity index (χ2v) is 4.95. The molecule has 0 saturated heterocycles. The Bertz CT molecular complexity index is 384. The number of anilines is 1. The monoisotopic (exact) mass is 278 g/mol. The molecule has 0 fully saturated rings. The number of hydrogen-bond acceptors (Lipinski definition) is 4. The average molecular weight is 278 g/mol. The van der Waals surface area contributed by atoms with Gasteiger partial charge in [-0.3, -0.25) is 0 Å². The SMILES string of the molecule is CCCN(CCC)CCCOC(=O)c1ccc(N)cc1. The smallest absolute Gasteiger partial charge is 0.338 e. The summed E-state index contributed by atoms with van der Waals surface area (Å²) in [5, 5.41) is 0. The molecule has 0 aliphatic heterocycles. The third kappa shape index (κ3) is 6.06. The lowest BCUT2D eigenvalue weighted by molar-refractivity contribution is 0.0488. The number of rotatable bonds is 9. The molecular formula is C16H26N2O2. The van der Waals surface area contributed by atoms with Crippen LogP contribution in [0.5, 0.6) is 0 Å². The zero-order valence-electron chi connectivity index (χ0n) is 12.6. The number of benzene rings is 1. The molecule has 4 nitrogen and oxygen atoms in total. The van der Waals surface area contributed by atoms with Gasteiger partial charge in [0.15, 0.2) is 0 Å². The van der Waals surface area contributed by atoms with Crippen LogP contribution in [0.4, 0.5) is 5.69 Å². The molecule has 0 aliphatic carbocycles. The van der Waals surface area contributed by atoms with E-state index in [1.807, 2.05) is 0 Å². The third-order valence-electron chi connectivity index (χ3n) is 3.08. The van der Waals surface area contributed by atoms with Gasteiger partial charge in [0.2, 0.25) is 0 Å². The van der Waals surface area contributed by atoms with Crippen molar-refractivity contribution in [3.05, 3.63) is 29.8 Å². The Balaban J connectivity index is 2.26. The van der Waals surface area contributed by atoms with E-state index in [0.29, 0.717) is 17.9 Å². The van der Waals surface area contributed by atoms with Gasteiger partial charge in [0, 0.05) is 12.2 Å². The van der Waals surface area contributed by atoms with Gasteiger partial charge in [0.25, 0.3) is 0 Å². The average Bonchev–Trinajstić information content (AvgIpc) is 2.44. The van der Waals surface area contributed by atoms with Crippen molar-refractivity contribution in [2.24, 2.45) is 0 Å². The molecule has 0 saturated carbocycles. The molecule has 0 spiro atoms.